The van der Waals surface area contributed by atoms with Gasteiger partial charge in [0.05, 0.1) is 20.4 Å². The Kier molecular flexibility index (Phi) is 12.0. The van der Waals surface area contributed by atoms with Gasteiger partial charge in [-0.2, -0.15) is 5.10 Å². The number of unbranched alkanes of at least 4 members (excludes halogenated alkanes) is 8. The van der Waals surface area contributed by atoms with Crippen molar-refractivity contribution in [3.05, 3.63) is 23.8 Å². The van der Waals surface area contributed by atoms with Gasteiger partial charge in [0.25, 0.3) is 0 Å². The largest absolute Gasteiger partial charge is 0.497 e. The second kappa shape index (κ2) is 14.2. The zero-order valence-corrected chi connectivity index (χ0v) is 16.6. The Morgan fingerprint density at radius 2 is 1.65 bits per heavy atom. The highest BCUT2D eigenvalue weighted by atomic mass is 16.5. The summed E-state index contributed by atoms with van der Waals surface area (Å²) in [5.74, 6) is 1.35. The third kappa shape index (κ3) is 9.44. The van der Waals surface area contributed by atoms with Crippen molar-refractivity contribution in [1.29, 1.82) is 0 Å². The van der Waals surface area contributed by atoms with E-state index in [0.717, 1.165) is 18.4 Å². The number of methoxy groups -OCH3 is 2. The van der Waals surface area contributed by atoms with Crippen molar-refractivity contribution in [2.75, 3.05) is 14.2 Å². The minimum Gasteiger partial charge on any atom is -0.497 e. The maximum absolute atomic E-state index is 11.8. The van der Waals surface area contributed by atoms with Crippen LogP contribution in [0.2, 0.25) is 0 Å². The predicted octanol–water partition coefficient (Wildman–Crippen LogP) is 5.07. The molecule has 5 nitrogen and oxygen atoms in total. The van der Waals surface area contributed by atoms with Gasteiger partial charge in [0.15, 0.2) is 0 Å². The quantitative estimate of drug-likeness (QED) is 0.285. The molecule has 1 N–H and O–H groups in total. The van der Waals surface area contributed by atoms with E-state index in [0.29, 0.717) is 17.9 Å². The maximum Gasteiger partial charge on any atom is 0.240 e. The molecule has 0 atom stereocenters. The highest BCUT2D eigenvalue weighted by molar-refractivity contribution is 5.85. The van der Waals surface area contributed by atoms with Crippen molar-refractivity contribution >= 4 is 12.1 Å². The van der Waals surface area contributed by atoms with E-state index in [1.165, 1.54) is 44.9 Å². The van der Waals surface area contributed by atoms with Crippen molar-refractivity contribution in [3.63, 3.8) is 0 Å². The molecule has 26 heavy (non-hydrogen) atoms. The highest BCUT2D eigenvalue weighted by Crippen LogP contribution is 2.22. The van der Waals surface area contributed by atoms with E-state index in [1.54, 1.807) is 20.4 Å². The fourth-order valence-electron chi connectivity index (χ4n) is 2.77. The van der Waals surface area contributed by atoms with Gasteiger partial charge in [-0.05, 0) is 24.6 Å². The number of hydrogen-bond donors (Lipinski definition) is 1. The van der Waals surface area contributed by atoms with Gasteiger partial charge in [-0.15, -0.1) is 0 Å². The first-order valence-corrected chi connectivity index (χ1v) is 9.75. The summed E-state index contributed by atoms with van der Waals surface area (Å²) in [7, 11) is 3.21. The number of carbonyl (C=O) groups excluding carboxylic acids is 1. The molecule has 0 aliphatic heterocycles. The smallest absolute Gasteiger partial charge is 0.240 e. The highest BCUT2D eigenvalue weighted by Gasteiger charge is 2.03. The van der Waals surface area contributed by atoms with E-state index in [4.69, 9.17) is 9.47 Å². The van der Waals surface area contributed by atoms with E-state index in [-0.39, 0.29) is 5.91 Å². The van der Waals surface area contributed by atoms with Crippen LogP contribution in [0.4, 0.5) is 0 Å². The Hall–Kier alpha value is -2.04. The van der Waals surface area contributed by atoms with Gasteiger partial charge >= 0.3 is 0 Å². The first-order valence-electron chi connectivity index (χ1n) is 9.75. The summed E-state index contributed by atoms with van der Waals surface area (Å²) in [5, 5.41) is 4.02. The van der Waals surface area contributed by atoms with Crippen molar-refractivity contribution < 1.29 is 14.3 Å². The summed E-state index contributed by atoms with van der Waals surface area (Å²) >= 11 is 0. The molecule has 1 aromatic carbocycles. The Bertz CT molecular complexity index is 544. The van der Waals surface area contributed by atoms with Gasteiger partial charge in [0.2, 0.25) is 5.91 Å². The van der Waals surface area contributed by atoms with Crippen LogP contribution >= 0.6 is 0 Å². The predicted molar refractivity (Wildman–Crippen MR) is 107 cm³/mol. The van der Waals surface area contributed by atoms with Gasteiger partial charge in [0, 0.05) is 12.0 Å². The molecule has 0 saturated carbocycles. The third-order valence-corrected chi connectivity index (χ3v) is 4.34. The SMILES string of the molecule is CCCCCCCCCCCC(=O)N/N=C\c1cc(OC)ccc1OC. The molecule has 1 rings (SSSR count). The molecule has 0 saturated heterocycles. The Morgan fingerprint density at radius 3 is 2.27 bits per heavy atom. The molecule has 0 bridgehead atoms. The van der Waals surface area contributed by atoms with Crippen LogP contribution < -0.4 is 14.9 Å². The molecule has 0 aliphatic carbocycles. The third-order valence-electron chi connectivity index (χ3n) is 4.34. The molecule has 0 heterocycles. The van der Waals surface area contributed by atoms with E-state index in [9.17, 15) is 4.79 Å². The van der Waals surface area contributed by atoms with Crippen molar-refractivity contribution in [2.45, 2.75) is 71.1 Å². The van der Waals surface area contributed by atoms with Crippen molar-refractivity contribution in [3.8, 4) is 11.5 Å². The molecule has 0 aliphatic rings. The molecule has 0 aromatic heterocycles. The molecule has 0 unspecified atom stereocenters. The van der Waals surface area contributed by atoms with Crippen LogP contribution in [0.5, 0.6) is 11.5 Å². The molecule has 0 fully saturated rings. The van der Waals surface area contributed by atoms with Crippen LogP contribution in [-0.2, 0) is 4.79 Å². The monoisotopic (exact) mass is 362 g/mol. The lowest BCUT2D eigenvalue weighted by molar-refractivity contribution is -0.121. The minimum atomic E-state index is -0.0499. The molecule has 1 amide bonds. The Labute approximate surface area is 158 Å². The zero-order chi connectivity index (χ0) is 19.0. The summed E-state index contributed by atoms with van der Waals surface area (Å²) in [5.41, 5.74) is 3.34. The lowest BCUT2D eigenvalue weighted by atomic mass is 10.1. The number of carbonyl (C=O) groups is 1. The number of hydrogen-bond acceptors (Lipinski definition) is 4. The maximum atomic E-state index is 11.8. The molecular weight excluding hydrogens is 328 g/mol. The first kappa shape index (κ1) is 22.0. The van der Waals surface area contributed by atoms with Crippen LogP contribution in [0.1, 0.15) is 76.7 Å². The molecule has 1 aromatic rings. The lowest BCUT2D eigenvalue weighted by Crippen LogP contribution is -2.17. The molecular formula is C21H34N2O3. The minimum absolute atomic E-state index is 0.0499. The summed E-state index contributed by atoms with van der Waals surface area (Å²) in [6.07, 6.45) is 13.3. The van der Waals surface area contributed by atoms with E-state index in [2.05, 4.69) is 17.5 Å². The van der Waals surface area contributed by atoms with Crippen LogP contribution in [-0.4, -0.2) is 26.3 Å². The number of ether oxygens (including phenoxy) is 2. The number of nitrogens with one attached hydrogen (secondary N) is 1. The Balaban J connectivity index is 2.19. The lowest BCUT2D eigenvalue weighted by Gasteiger charge is -2.06. The standard InChI is InChI=1S/C21H34N2O3/c1-4-5-6-7-8-9-10-11-12-13-21(24)23-22-17-18-16-19(25-2)14-15-20(18)26-3/h14-17H,4-13H2,1-3H3,(H,23,24)/b22-17-. The van der Waals surface area contributed by atoms with Gasteiger partial charge < -0.3 is 9.47 Å². The number of benzene rings is 1. The second-order valence-electron chi connectivity index (χ2n) is 6.48. The zero-order valence-electron chi connectivity index (χ0n) is 16.6. The Morgan fingerprint density at radius 1 is 1.00 bits per heavy atom. The number of rotatable bonds is 14. The van der Waals surface area contributed by atoms with Crippen molar-refractivity contribution in [1.82, 2.24) is 5.43 Å². The normalized spacial score (nSPS) is 10.9. The molecule has 146 valence electrons. The molecule has 0 radical (unpaired) electrons. The van der Waals surface area contributed by atoms with Crippen molar-refractivity contribution in [2.24, 2.45) is 5.10 Å². The fraction of sp³-hybridized carbons (Fsp3) is 0.619. The second-order valence-corrected chi connectivity index (χ2v) is 6.48. The summed E-state index contributed by atoms with van der Waals surface area (Å²) in [6, 6.07) is 5.44. The summed E-state index contributed by atoms with van der Waals surface area (Å²) in [6.45, 7) is 2.24. The fourth-order valence-corrected chi connectivity index (χ4v) is 2.77. The summed E-state index contributed by atoms with van der Waals surface area (Å²) < 4.78 is 10.5. The number of nitrogens with zero attached hydrogens (tertiary/aromatic N) is 1. The van der Waals surface area contributed by atoms with Crippen LogP contribution in [0.15, 0.2) is 23.3 Å². The first-order chi connectivity index (χ1) is 12.7. The van der Waals surface area contributed by atoms with Gasteiger partial charge in [-0.3, -0.25) is 4.79 Å². The average Bonchev–Trinajstić information content (AvgIpc) is 2.66. The number of amides is 1. The van der Waals surface area contributed by atoms with E-state index >= 15 is 0 Å². The van der Waals surface area contributed by atoms with Gasteiger partial charge in [0.1, 0.15) is 11.5 Å². The number of hydrazone groups is 1. The average molecular weight is 363 g/mol. The van der Waals surface area contributed by atoms with E-state index < -0.39 is 0 Å². The summed E-state index contributed by atoms with van der Waals surface area (Å²) in [4.78, 5) is 11.8. The topological polar surface area (TPSA) is 59.9 Å². The molecule has 5 heteroatoms. The van der Waals surface area contributed by atoms with Gasteiger partial charge in [-0.25, -0.2) is 5.43 Å². The van der Waals surface area contributed by atoms with Crippen LogP contribution in [0, 0.1) is 0 Å². The molecule has 0 spiro atoms. The van der Waals surface area contributed by atoms with E-state index in [1.807, 2.05) is 18.2 Å². The van der Waals surface area contributed by atoms with Crippen LogP contribution in [0.3, 0.4) is 0 Å². The van der Waals surface area contributed by atoms with Gasteiger partial charge in [-0.1, -0.05) is 58.3 Å². The van der Waals surface area contributed by atoms with Crippen LogP contribution in [0.25, 0.3) is 0 Å².